The Labute approximate surface area is 166 Å². The van der Waals surface area contributed by atoms with Gasteiger partial charge >= 0.3 is 0 Å². The number of likely N-dealkylation sites (tertiary alicyclic amines) is 1. The molecule has 2 amide bonds. The first kappa shape index (κ1) is 18.7. The Kier molecular flexibility index (Phi) is 5.46. The minimum Gasteiger partial charge on any atom is -0.343 e. The van der Waals surface area contributed by atoms with Crippen LogP contribution in [0.4, 0.5) is 0 Å². The molecule has 1 saturated heterocycles. The summed E-state index contributed by atoms with van der Waals surface area (Å²) >= 11 is 0. The van der Waals surface area contributed by atoms with Gasteiger partial charge in [-0.1, -0.05) is 30.3 Å². The van der Waals surface area contributed by atoms with Crippen LogP contribution in [0.2, 0.25) is 0 Å². The number of benzene rings is 1. The number of fused-ring (bicyclic) bond motifs is 1. The Morgan fingerprint density at radius 1 is 1.07 bits per heavy atom. The van der Waals surface area contributed by atoms with Crippen molar-refractivity contribution in [2.24, 2.45) is 7.05 Å². The molecule has 6 heteroatoms. The van der Waals surface area contributed by atoms with E-state index >= 15 is 0 Å². The fourth-order valence-electron chi connectivity index (χ4n) is 4.37. The van der Waals surface area contributed by atoms with Gasteiger partial charge in [0.2, 0.25) is 11.8 Å². The Morgan fingerprint density at radius 3 is 2.61 bits per heavy atom. The minimum atomic E-state index is 0.202. The molecule has 4 rings (SSSR count). The van der Waals surface area contributed by atoms with Gasteiger partial charge in [0, 0.05) is 69.3 Å². The second kappa shape index (κ2) is 8.17. The quantitative estimate of drug-likeness (QED) is 0.800. The maximum Gasteiger partial charge on any atom is 0.222 e. The van der Waals surface area contributed by atoms with Crippen LogP contribution in [0.1, 0.15) is 36.9 Å². The molecule has 1 fully saturated rings. The summed E-state index contributed by atoms with van der Waals surface area (Å²) < 4.78 is 1.98. The molecule has 6 nitrogen and oxygen atoms in total. The number of carbonyl (C=O) groups is 2. The molecule has 0 aliphatic carbocycles. The van der Waals surface area contributed by atoms with E-state index in [0.29, 0.717) is 19.4 Å². The van der Waals surface area contributed by atoms with Gasteiger partial charge in [-0.15, -0.1) is 0 Å². The molecular formula is C22H28N4O2. The number of hydrogen-bond donors (Lipinski definition) is 0. The first-order valence-electron chi connectivity index (χ1n) is 10.3. The normalized spacial score (nSPS) is 17.0. The van der Waals surface area contributed by atoms with E-state index in [1.807, 2.05) is 39.7 Å². The van der Waals surface area contributed by atoms with Crippen LogP contribution in [-0.2, 0) is 29.5 Å². The SMILES string of the molecule is Cn1nc(-c2ccccc2)c2c1CCN(C(=O)CCCN1CCCC1=O)CC2. The summed E-state index contributed by atoms with van der Waals surface area (Å²) in [5.74, 6) is 0.437. The average molecular weight is 380 g/mol. The van der Waals surface area contributed by atoms with Gasteiger partial charge in [0.05, 0.1) is 5.69 Å². The molecule has 28 heavy (non-hydrogen) atoms. The van der Waals surface area contributed by atoms with Crippen molar-refractivity contribution in [1.29, 1.82) is 0 Å². The molecule has 0 spiro atoms. The lowest BCUT2D eigenvalue weighted by molar-refractivity contribution is -0.132. The van der Waals surface area contributed by atoms with Gasteiger partial charge in [0.1, 0.15) is 0 Å². The van der Waals surface area contributed by atoms with Crippen molar-refractivity contribution in [3.05, 3.63) is 41.6 Å². The smallest absolute Gasteiger partial charge is 0.222 e. The van der Waals surface area contributed by atoms with Crippen LogP contribution in [0.15, 0.2) is 30.3 Å². The van der Waals surface area contributed by atoms with E-state index in [1.54, 1.807) is 0 Å². The lowest BCUT2D eigenvalue weighted by Crippen LogP contribution is -2.34. The van der Waals surface area contributed by atoms with Crippen LogP contribution in [0, 0.1) is 0 Å². The zero-order valence-corrected chi connectivity index (χ0v) is 16.6. The Balaban J connectivity index is 1.38. The summed E-state index contributed by atoms with van der Waals surface area (Å²) in [6.45, 7) is 3.03. The second-order valence-corrected chi connectivity index (χ2v) is 7.73. The van der Waals surface area contributed by atoms with Crippen molar-refractivity contribution in [1.82, 2.24) is 19.6 Å². The highest BCUT2D eigenvalue weighted by atomic mass is 16.2. The van der Waals surface area contributed by atoms with Crippen LogP contribution in [0.3, 0.4) is 0 Å². The summed E-state index contributed by atoms with van der Waals surface area (Å²) in [5, 5.41) is 4.75. The molecule has 2 aliphatic rings. The topological polar surface area (TPSA) is 58.4 Å². The highest BCUT2D eigenvalue weighted by Gasteiger charge is 2.25. The summed E-state index contributed by atoms with van der Waals surface area (Å²) in [4.78, 5) is 28.3. The van der Waals surface area contributed by atoms with E-state index in [1.165, 1.54) is 11.3 Å². The maximum atomic E-state index is 12.7. The third-order valence-electron chi connectivity index (χ3n) is 5.92. The van der Waals surface area contributed by atoms with E-state index in [-0.39, 0.29) is 11.8 Å². The second-order valence-electron chi connectivity index (χ2n) is 7.73. The van der Waals surface area contributed by atoms with Crippen LogP contribution in [-0.4, -0.2) is 57.6 Å². The summed E-state index contributed by atoms with van der Waals surface area (Å²) in [6.07, 6.45) is 4.56. The van der Waals surface area contributed by atoms with Gasteiger partial charge < -0.3 is 9.80 Å². The molecule has 0 bridgehead atoms. The number of carbonyl (C=O) groups excluding carboxylic acids is 2. The number of aromatic nitrogens is 2. The number of hydrogen-bond acceptors (Lipinski definition) is 3. The zero-order valence-electron chi connectivity index (χ0n) is 16.6. The third kappa shape index (κ3) is 3.81. The Morgan fingerprint density at radius 2 is 1.86 bits per heavy atom. The average Bonchev–Trinajstić information content (AvgIpc) is 3.16. The fourth-order valence-corrected chi connectivity index (χ4v) is 4.37. The minimum absolute atomic E-state index is 0.202. The summed E-state index contributed by atoms with van der Waals surface area (Å²) in [7, 11) is 2.00. The van der Waals surface area contributed by atoms with Crippen LogP contribution < -0.4 is 0 Å². The fraction of sp³-hybridized carbons (Fsp3) is 0.500. The Bertz CT molecular complexity index is 859. The maximum absolute atomic E-state index is 12.7. The molecule has 2 aliphatic heterocycles. The van der Waals surface area contributed by atoms with Crippen molar-refractivity contribution in [3.8, 4) is 11.3 Å². The standard InChI is InChI=1S/C22H28N4O2/c1-24-19-12-16-26(21(28)10-6-14-25-13-5-9-20(25)27)15-11-18(19)22(23-24)17-7-3-2-4-8-17/h2-4,7-8H,5-6,9-16H2,1H3. The van der Waals surface area contributed by atoms with Gasteiger partial charge in [0.25, 0.3) is 0 Å². The van der Waals surface area contributed by atoms with Gasteiger partial charge in [-0.2, -0.15) is 5.10 Å². The molecule has 0 atom stereocenters. The molecular weight excluding hydrogens is 352 g/mol. The monoisotopic (exact) mass is 380 g/mol. The van der Waals surface area contributed by atoms with E-state index < -0.39 is 0 Å². The molecule has 0 radical (unpaired) electrons. The van der Waals surface area contributed by atoms with Gasteiger partial charge in [-0.3, -0.25) is 14.3 Å². The lowest BCUT2D eigenvalue weighted by Gasteiger charge is -2.21. The van der Waals surface area contributed by atoms with Gasteiger partial charge in [0.15, 0.2) is 0 Å². The lowest BCUT2D eigenvalue weighted by atomic mass is 10.0. The molecule has 2 aromatic rings. The summed E-state index contributed by atoms with van der Waals surface area (Å²) in [5.41, 5.74) is 4.68. The molecule has 1 aromatic heterocycles. The molecule has 0 saturated carbocycles. The highest BCUT2D eigenvalue weighted by Crippen LogP contribution is 2.28. The van der Waals surface area contributed by atoms with E-state index in [9.17, 15) is 9.59 Å². The van der Waals surface area contributed by atoms with Crippen molar-refractivity contribution in [3.63, 3.8) is 0 Å². The van der Waals surface area contributed by atoms with Crippen LogP contribution in [0.25, 0.3) is 11.3 Å². The molecule has 0 N–H and O–H groups in total. The van der Waals surface area contributed by atoms with Crippen molar-refractivity contribution >= 4 is 11.8 Å². The number of aryl methyl sites for hydroxylation is 1. The molecule has 3 heterocycles. The number of nitrogens with zero attached hydrogens (tertiary/aromatic N) is 4. The zero-order chi connectivity index (χ0) is 19.5. The van der Waals surface area contributed by atoms with Crippen LogP contribution in [0.5, 0.6) is 0 Å². The van der Waals surface area contributed by atoms with E-state index in [2.05, 4.69) is 12.1 Å². The predicted octanol–water partition coefficient (Wildman–Crippen LogP) is 2.42. The van der Waals surface area contributed by atoms with E-state index in [0.717, 1.165) is 56.6 Å². The Hall–Kier alpha value is -2.63. The predicted molar refractivity (Wildman–Crippen MR) is 108 cm³/mol. The highest BCUT2D eigenvalue weighted by molar-refractivity contribution is 5.78. The van der Waals surface area contributed by atoms with Crippen molar-refractivity contribution < 1.29 is 9.59 Å². The first-order valence-corrected chi connectivity index (χ1v) is 10.3. The molecule has 1 aromatic carbocycles. The largest absolute Gasteiger partial charge is 0.343 e. The van der Waals surface area contributed by atoms with Crippen LogP contribution >= 0.6 is 0 Å². The summed E-state index contributed by atoms with van der Waals surface area (Å²) in [6, 6.07) is 10.3. The van der Waals surface area contributed by atoms with Crippen molar-refractivity contribution in [2.75, 3.05) is 26.2 Å². The first-order chi connectivity index (χ1) is 13.6. The third-order valence-corrected chi connectivity index (χ3v) is 5.92. The number of amides is 2. The van der Waals surface area contributed by atoms with Gasteiger partial charge in [-0.25, -0.2) is 0 Å². The van der Waals surface area contributed by atoms with Gasteiger partial charge in [-0.05, 0) is 19.3 Å². The molecule has 0 unspecified atom stereocenters. The van der Waals surface area contributed by atoms with E-state index in [4.69, 9.17) is 5.10 Å². The molecule has 148 valence electrons. The van der Waals surface area contributed by atoms with Crippen molar-refractivity contribution in [2.45, 2.75) is 38.5 Å². The number of rotatable bonds is 5.